The lowest BCUT2D eigenvalue weighted by Crippen LogP contribution is -2.51. The normalized spacial score (nSPS) is 12.0. The fraction of sp³-hybridized carbons (Fsp3) is 0.259. The van der Waals surface area contributed by atoms with Crippen molar-refractivity contribution < 1.29 is 18.0 Å². The second-order valence-corrected chi connectivity index (χ2v) is 11.6. The molecule has 38 heavy (non-hydrogen) atoms. The molecule has 0 aliphatic heterocycles. The molecule has 0 aliphatic carbocycles. The van der Waals surface area contributed by atoms with Crippen molar-refractivity contribution >= 4 is 62.3 Å². The van der Waals surface area contributed by atoms with Gasteiger partial charge in [-0.05, 0) is 55.3 Å². The zero-order valence-corrected chi connectivity index (χ0v) is 24.0. The molecule has 0 aromatic heterocycles. The summed E-state index contributed by atoms with van der Waals surface area (Å²) in [5.41, 5.74) is 0.724. The van der Waals surface area contributed by atoms with Crippen LogP contribution in [0.1, 0.15) is 25.8 Å². The van der Waals surface area contributed by atoms with Gasteiger partial charge in [0.15, 0.2) is 0 Å². The maximum Gasteiger partial charge on any atom is 0.264 e. The highest BCUT2D eigenvalue weighted by Gasteiger charge is 2.33. The fourth-order valence-electron chi connectivity index (χ4n) is 3.73. The number of nitrogens with zero attached hydrogens (tertiary/aromatic N) is 2. The second kappa shape index (κ2) is 13.3. The van der Waals surface area contributed by atoms with Crippen LogP contribution in [0.4, 0.5) is 5.69 Å². The summed E-state index contributed by atoms with van der Waals surface area (Å²) < 4.78 is 28.4. The third-order valence-electron chi connectivity index (χ3n) is 5.77. The Bertz CT molecular complexity index is 1390. The molecular weight excluding hydrogens is 569 g/mol. The Hall–Kier alpha value is -2.78. The molecule has 1 N–H and O–H groups in total. The van der Waals surface area contributed by atoms with Crippen LogP contribution in [-0.2, 0) is 26.2 Å². The maximum atomic E-state index is 13.8. The summed E-state index contributed by atoms with van der Waals surface area (Å²) in [7, 11) is -4.24. The molecule has 11 heteroatoms. The third-order valence-corrected chi connectivity index (χ3v) is 8.59. The summed E-state index contributed by atoms with van der Waals surface area (Å²) >= 11 is 18.8. The molecule has 0 saturated heterocycles. The van der Waals surface area contributed by atoms with Crippen LogP contribution in [0.25, 0.3) is 0 Å². The minimum Gasteiger partial charge on any atom is -0.354 e. The Morgan fingerprint density at radius 2 is 1.63 bits per heavy atom. The molecule has 0 saturated carbocycles. The van der Waals surface area contributed by atoms with Crippen LogP contribution >= 0.6 is 34.8 Å². The highest BCUT2D eigenvalue weighted by atomic mass is 35.5. The van der Waals surface area contributed by atoms with E-state index in [9.17, 15) is 18.0 Å². The average Bonchev–Trinajstić information content (AvgIpc) is 2.90. The second-order valence-electron chi connectivity index (χ2n) is 8.52. The fourth-order valence-corrected chi connectivity index (χ4v) is 5.84. The quantitative estimate of drug-likeness (QED) is 0.304. The van der Waals surface area contributed by atoms with Crippen LogP contribution in [-0.4, -0.2) is 44.3 Å². The van der Waals surface area contributed by atoms with E-state index in [1.54, 1.807) is 55.5 Å². The molecule has 202 valence electrons. The van der Waals surface area contributed by atoms with Gasteiger partial charge in [-0.3, -0.25) is 13.9 Å². The molecular formula is C27H28Cl3N3O4S. The van der Waals surface area contributed by atoms with E-state index in [4.69, 9.17) is 34.8 Å². The third kappa shape index (κ3) is 7.20. The van der Waals surface area contributed by atoms with Crippen molar-refractivity contribution in [2.45, 2.75) is 37.8 Å². The number of halogens is 3. The summed E-state index contributed by atoms with van der Waals surface area (Å²) in [5.74, 6) is -0.972. The average molecular weight is 597 g/mol. The molecule has 0 bridgehead atoms. The molecule has 2 amide bonds. The van der Waals surface area contributed by atoms with Gasteiger partial charge in [-0.15, -0.1) is 0 Å². The van der Waals surface area contributed by atoms with Gasteiger partial charge in [0.1, 0.15) is 12.6 Å². The van der Waals surface area contributed by atoms with Gasteiger partial charge in [0.2, 0.25) is 11.8 Å². The van der Waals surface area contributed by atoms with E-state index in [1.807, 2.05) is 6.92 Å². The predicted molar refractivity (Wildman–Crippen MR) is 152 cm³/mol. The lowest BCUT2D eigenvalue weighted by atomic mass is 10.1. The first-order chi connectivity index (χ1) is 18.1. The number of hydrogen-bond donors (Lipinski definition) is 1. The van der Waals surface area contributed by atoms with Crippen LogP contribution in [0.2, 0.25) is 15.1 Å². The SMILES string of the molecule is CCCNC(=O)[C@H](C)N(Cc1cccc(Cl)c1)C(=O)CN(c1cccc(Cl)c1Cl)S(=O)(=O)c1ccccc1. The molecule has 7 nitrogen and oxygen atoms in total. The highest BCUT2D eigenvalue weighted by Crippen LogP contribution is 2.35. The Balaban J connectivity index is 2.05. The van der Waals surface area contributed by atoms with Crippen LogP contribution in [0.15, 0.2) is 77.7 Å². The number of anilines is 1. The highest BCUT2D eigenvalue weighted by molar-refractivity contribution is 7.92. The zero-order chi connectivity index (χ0) is 27.9. The Kier molecular flexibility index (Phi) is 10.4. The standard InChI is InChI=1S/C27H28Cl3N3O4S/c1-3-15-31-27(35)19(2)32(17-20-9-7-10-21(28)16-20)25(34)18-33(24-14-8-13-23(29)26(24)30)38(36,37)22-11-5-4-6-12-22/h4-14,16,19H,3,15,17-18H2,1-2H3,(H,31,35)/t19-/m0/s1. The van der Waals surface area contributed by atoms with E-state index >= 15 is 0 Å². The Labute approximate surface area is 238 Å². The summed E-state index contributed by atoms with van der Waals surface area (Å²) in [5, 5.41) is 3.38. The van der Waals surface area contributed by atoms with Gasteiger partial charge in [0, 0.05) is 18.1 Å². The molecule has 0 radical (unpaired) electrons. The largest absolute Gasteiger partial charge is 0.354 e. The first-order valence-electron chi connectivity index (χ1n) is 11.9. The molecule has 3 aromatic rings. The number of rotatable bonds is 11. The first-order valence-corrected chi connectivity index (χ1v) is 14.5. The number of nitrogens with one attached hydrogen (secondary N) is 1. The number of carbonyl (C=O) groups is 2. The summed E-state index contributed by atoms with van der Waals surface area (Å²) in [6, 6.07) is 18.2. The topological polar surface area (TPSA) is 86.8 Å². The number of benzene rings is 3. The van der Waals surface area contributed by atoms with Crippen molar-refractivity contribution in [3.05, 3.63) is 93.4 Å². The Morgan fingerprint density at radius 1 is 0.947 bits per heavy atom. The van der Waals surface area contributed by atoms with Crippen molar-refractivity contribution in [1.82, 2.24) is 10.2 Å². The van der Waals surface area contributed by atoms with Crippen molar-refractivity contribution in [3.63, 3.8) is 0 Å². The van der Waals surface area contributed by atoms with Crippen LogP contribution < -0.4 is 9.62 Å². The van der Waals surface area contributed by atoms with E-state index < -0.39 is 28.5 Å². The van der Waals surface area contributed by atoms with Gasteiger partial charge in [0.25, 0.3) is 10.0 Å². The molecule has 0 spiro atoms. The van der Waals surface area contributed by atoms with Gasteiger partial charge in [-0.1, -0.05) is 78.1 Å². The van der Waals surface area contributed by atoms with Gasteiger partial charge in [-0.25, -0.2) is 8.42 Å². The number of sulfonamides is 1. The van der Waals surface area contributed by atoms with Gasteiger partial charge in [-0.2, -0.15) is 0 Å². The number of hydrogen-bond acceptors (Lipinski definition) is 4. The monoisotopic (exact) mass is 595 g/mol. The van der Waals surface area contributed by atoms with E-state index in [1.165, 1.54) is 29.2 Å². The smallest absolute Gasteiger partial charge is 0.264 e. The molecule has 3 rings (SSSR count). The lowest BCUT2D eigenvalue weighted by molar-refractivity contribution is -0.139. The molecule has 1 atom stereocenters. The van der Waals surface area contributed by atoms with Crippen molar-refractivity contribution in [1.29, 1.82) is 0 Å². The molecule has 0 heterocycles. The summed E-state index contributed by atoms with van der Waals surface area (Å²) in [6.45, 7) is 3.36. The van der Waals surface area contributed by atoms with Crippen LogP contribution in [0.5, 0.6) is 0 Å². The van der Waals surface area contributed by atoms with Crippen molar-refractivity contribution in [2.24, 2.45) is 0 Å². The van der Waals surface area contributed by atoms with Crippen LogP contribution in [0, 0.1) is 0 Å². The van der Waals surface area contributed by atoms with E-state index in [0.29, 0.717) is 17.1 Å². The van der Waals surface area contributed by atoms with Gasteiger partial charge in [0.05, 0.1) is 20.6 Å². The minimum atomic E-state index is -4.24. The van der Waals surface area contributed by atoms with E-state index in [-0.39, 0.29) is 33.1 Å². The first kappa shape index (κ1) is 29.8. The summed E-state index contributed by atoms with van der Waals surface area (Å²) in [6.07, 6.45) is 0.719. The molecule has 3 aromatic carbocycles. The Morgan fingerprint density at radius 3 is 2.29 bits per heavy atom. The lowest BCUT2D eigenvalue weighted by Gasteiger charge is -2.32. The number of carbonyl (C=O) groups excluding carboxylic acids is 2. The predicted octanol–water partition coefficient (Wildman–Crippen LogP) is 5.79. The van der Waals surface area contributed by atoms with E-state index in [2.05, 4.69) is 5.32 Å². The van der Waals surface area contributed by atoms with Crippen molar-refractivity contribution in [3.8, 4) is 0 Å². The maximum absolute atomic E-state index is 13.8. The zero-order valence-electron chi connectivity index (χ0n) is 20.9. The molecule has 0 unspecified atom stereocenters. The van der Waals surface area contributed by atoms with Gasteiger partial charge < -0.3 is 10.2 Å². The van der Waals surface area contributed by atoms with Gasteiger partial charge >= 0.3 is 0 Å². The summed E-state index contributed by atoms with van der Waals surface area (Å²) in [4.78, 5) is 28.0. The minimum absolute atomic E-state index is 0.0170. The molecule has 0 fully saturated rings. The van der Waals surface area contributed by atoms with Crippen molar-refractivity contribution in [2.75, 3.05) is 17.4 Å². The number of amides is 2. The van der Waals surface area contributed by atoms with Crippen LogP contribution in [0.3, 0.4) is 0 Å². The molecule has 0 aliphatic rings. The van der Waals surface area contributed by atoms with E-state index in [0.717, 1.165) is 10.7 Å².